The number of guanidine groups is 1. The van der Waals surface area contributed by atoms with Crippen molar-refractivity contribution in [2.45, 2.75) is 26.2 Å². The summed E-state index contributed by atoms with van der Waals surface area (Å²) in [5.41, 5.74) is 3.87. The second kappa shape index (κ2) is 6.20. The molecule has 1 fully saturated rings. The highest BCUT2D eigenvalue weighted by Crippen LogP contribution is 2.27. The van der Waals surface area contributed by atoms with E-state index in [0.29, 0.717) is 0 Å². The Morgan fingerprint density at radius 2 is 2.19 bits per heavy atom. The van der Waals surface area contributed by atoms with Gasteiger partial charge in [-0.25, -0.2) is 0 Å². The summed E-state index contributed by atoms with van der Waals surface area (Å²) in [7, 11) is 1.83. The summed E-state index contributed by atoms with van der Waals surface area (Å²) in [6, 6.07) is 6.57. The predicted molar refractivity (Wildman–Crippen MR) is 88.8 cm³/mol. The van der Waals surface area contributed by atoms with Gasteiger partial charge in [-0.1, -0.05) is 12.1 Å². The Bertz CT molecular complexity index is 637. The lowest BCUT2D eigenvalue weighted by Gasteiger charge is -2.11. The summed E-state index contributed by atoms with van der Waals surface area (Å²) >= 11 is 0. The van der Waals surface area contributed by atoms with Gasteiger partial charge in [-0.15, -0.1) is 0 Å². The summed E-state index contributed by atoms with van der Waals surface area (Å²) in [6.07, 6.45) is 5.83. The van der Waals surface area contributed by atoms with Crippen LogP contribution in [-0.2, 0) is 6.42 Å². The summed E-state index contributed by atoms with van der Waals surface area (Å²) in [5.74, 6) is 1.78. The van der Waals surface area contributed by atoms with E-state index in [1.165, 1.54) is 34.9 Å². The second-order valence-electron chi connectivity index (χ2n) is 5.94. The molecule has 3 N–H and O–H groups in total. The van der Waals surface area contributed by atoms with Crippen molar-refractivity contribution in [1.29, 1.82) is 0 Å². The maximum Gasteiger partial charge on any atom is 0.190 e. The maximum absolute atomic E-state index is 4.27. The number of aromatic amines is 1. The first-order valence-electron chi connectivity index (χ1n) is 7.77. The average molecular weight is 284 g/mol. The number of hydrogen-bond donors (Lipinski definition) is 3. The van der Waals surface area contributed by atoms with Crippen molar-refractivity contribution < 1.29 is 0 Å². The van der Waals surface area contributed by atoms with Crippen LogP contribution < -0.4 is 10.6 Å². The van der Waals surface area contributed by atoms with E-state index in [0.717, 1.165) is 31.4 Å². The van der Waals surface area contributed by atoms with Gasteiger partial charge in [0.2, 0.25) is 0 Å². The molecule has 0 radical (unpaired) electrons. The van der Waals surface area contributed by atoms with Crippen LogP contribution in [0, 0.1) is 12.8 Å². The van der Waals surface area contributed by atoms with Crippen molar-refractivity contribution in [2.24, 2.45) is 10.9 Å². The first-order chi connectivity index (χ1) is 10.3. The van der Waals surface area contributed by atoms with Crippen LogP contribution in [0.15, 0.2) is 29.4 Å². The van der Waals surface area contributed by atoms with Crippen molar-refractivity contribution in [2.75, 3.05) is 20.1 Å². The zero-order valence-electron chi connectivity index (χ0n) is 12.9. The molecule has 0 aliphatic heterocycles. The first kappa shape index (κ1) is 14.0. The van der Waals surface area contributed by atoms with Crippen molar-refractivity contribution in [3.8, 4) is 0 Å². The van der Waals surface area contributed by atoms with Crippen LogP contribution in [0.4, 0.5) is 0 Å². The minimum Gasteiger partial charge on any atom is -0.361 e. The first-order valence-corrected chi connectivity index (χ1v) is 7.77. The molecule has 4 nitrogen and oxygen atoms in total. The van der Waals surface area contributed by atoms with Gasteiger partial charge < -0.3 is 15.6 Å². The number of aromatic nitrogens is 1. The van der Waals surface area contributed by atoms with Gasteiger partial charge in [0.25, 0.3) is 0 Å². The number of rotatable bonds is 5. The molecule has 0 bridgehead atoms. The number of hydrogen-bond acceptors (Lipinski definition) is 1. The molecule has 1 aromatic carbocycles. The van der Waals surface area contributed by atoms with E-state index in [4.69, 9.17) is 0 Å². The molecular formula is C17H24N4. The van der Waals surface area contributed by atoms with Crippen LogP contribution in [0.25, 0.3) is 10.9 Å². The Hall–Kier alpha value is -1.97. The normalized spacial score (nSPS) is 15.4. The van der Waals surface area contributed by atoms with Gasteiger partial charge in [0.05, 0.1) is 0 Å². The van der Waals surface area contributed by atoms with Crippen LogP contribution in [0.2, 0.25) is 0 Å². The summed E-state index contributed by atoms with van der Waals surface area (Å²) < 4.78 is 0. The third kappa shape index (κ3) is 3.57. The number of nitrogens with zero attached hydrogens (tertiary/aromatic N) is 1. The highest BCUT2D eigenvalue weighted by atomic mass is 15.2. The third-order valence-electron chi connectivity index (χ3n) is 4.09. The second-order valence-corrected chi connectivity index (χ2v) is 5.94. The van der Waals surface area contributed by atoms with E-state index in [9.17, 15) is 0 Å². The molecule has 1 saturated carbocycles. The van der Waals surface area contributed by atoms with Crippen molar-refractivity contribution in [3.05, 3.63) is 35.5 Å². The Morgan fingerprint density at radius 3 is 2.95 bits per heavy atom. The molecule has 1 heterocycles. The molecule has 4 heteroatoms. The van der Waals surface area contributed by atoms with Gasteiger partial charge in [-0.05, 0) is 49.3 Å². The zero-order valence-corrected chi connectivity index (χ0v) is 12.9. The third-order valence-corrected chi connectivity index (χ3v) is 4.09. The van der Waals surface area contributed by atoms with Crippen LogP contribution in [0.5, 0.6) is 0 Å². The number of H-pyrrole nitrogens is 1. The molecule has 0 amide bonds. The Balaban J connectivity index is 1.53. The molecule has 0 saturated heterocycles. The maximum atomic E-state index is 4.27. The number of aliphatic imine (C=N–C) groups is 1. The highest BCUT2D eigenvalue weighted by Gasteiger charge is 2.20. The molecule has 2 aromatic rings. The molecule has 0 atom stereocenters. The Morgan fingerprint density at radius 1 is 1.33 bits per heavy atom. The van der Waals surface area contributed by atoms with E-state index >= 15 is 0 Å². The van der Waals surface area contributed by atoms with E-state index in [1.807, 2.05) is 7.05 Å². The van der Waals surface area contributed by atoms with Gasteiger partial charge in [0.15, 0.2) is 5.96 Å². The Kier molecular flexibility index (Phi) is 4.13. The topological polar surface area (TPSA) is 52.2 Å². The lowest BCUT2D eigenvalue weighted by molar-refractivity contribution is 0.735. The van der Waals surface area contributed by atoms with Gasteiger partial charge in [-0.2, -0.15) is 0 Å². The van der Waals surface area contributed by atoms with Crippen LogP contribution in [-0.4, -0.2) is 31.1 Å². The quantitative estimate of drug-likeness (QED) is 0.584. The fourth-order valence-electron chi connectivity index (χ4n) is 2.61. The van der Waals surface area contributed by atoms with Crippen molar-refractivity contribution in [3.63, 3.8) is 0 Å². The summed E-state index contributed by atoms with van der Waals surface area (Å²) in [5, 5.41) is 8.10. The monoisotopic (exact) mass is 284 g/mol. The molecule has 1 aliphatic rings. The van der Waals surface area contributed by atoms with E-state index in [1.54, 1.807) is 0 Å². The standard InChI is InChI=1S/C17H24N4/c1-12-3-6-15-14(11-20-16(15)9-12)7-8-19-17(18-2)21-10-13-4-5-13/h3,6,9,11,13,20H,4-5,7-8,10H2,1-2H3,(H2,18,19,21). The number of fused-ring (bicyclic) bond motifs is 1. The lowest BCUT2D eigenvalue weighted by atomic mass is 10.1. The molecule has 1 aromatic heterocycles. The van der Waals surface area contributed by atoms with E-state index in [2.05, 4.69) is 51.9 Å². The molecule has 1 aliphatic carbocycles. The summed E-state index contributed by atoms with van der Waals surface area (Å²) in [4.78, 5) is 7.62. The lowest BCUT2D eigenvalue weighted by Crippen LogP contribution is -2.39. The van der Waals surface area contributed by atoms with Crippen molar-refractivity contribution in [1.82, 2.24) is 15.6 Å². The number of benzene rings is 1. The number of nitrogens with one attached hydrogen (secondary N) is 3. The van der Waals surface area contributed by atoms with E-state index < -0.39 is 0 Å². The fraction of sp³-hybridized carbons (Fsp3) is 0.471. The van der Waals surface area contributed by atoms with Gasteiger partial charge in [-0.3, -0.25) is 4.99 Å². The molecule has 112 valence electrons. The van der Waals surface area contributed by atoms with E-state index in [-0.39, 0.29) is 0 Å². The van der Waals surface area contributed by atoms with Crippen LogP contribution >= 0.6 is 0 Å². The van der Waals surface area contributed by atoms with Gasteiger partial charge >= 0.3 is 0 Å². The van der Waals surface area contributed by atoms with Crippen LogP contribution in [0.1, 0.15) is 24.0 Å². The highest BCUT2D eigenvalue weighted by molar-refractivity contribution is 5.84. The summed E-state index contributed by atoms with van der Waals surface area (Å²) in [6.45, 7) is 4.06. The largest absolute Gasteiger partial charge is 0.361 e. The zero-order chi connectivity index (χ0) is 14.7. The molecule has 3 rings (SSSR count). The molecular weight excluding hydrogens is 260 g/mol. The van der Waals surface area contributed by atoms with Crippen LogP contribution in [0.3, 0.4) is 0 Å². The van der Waals surface area contributed by atoms with Gasteiger partial charge in [0.1, 0.15) is 0 Å². The predicted octanol–water partition coefficient (Wildman–Crippen LogP) is 2.59. The smallest absolute Gasteiger partial charge is 0.190 e. The molecule has 0 spiro atoms. The Labute approximate surface area is 126 Å². The molecule has 0 unspecified atom stereocenters. The number of aryl methyl sites for hydroxylation is 1. The minimum atomic E-state index is 0.861. The molecule has 21 heavy (non-hydrogen) atoms. The average Bonchev–Trinajstić information content (AvgIpc) is 3.23. The SMILES string of the molecule is CN=C(NCCc1c[nH]c2cc(C)ccc12)NCC1CC1. The van der Waals surface area contributed by atoms with Gasteiger partial charge in [0, 0.05) is 37.2 Å². The van der Waals surface area contributed by atoms with Crippen molar-refractivity contribution >= 4 is 16.9 Å². The minimum absolute atomic E-state index is 0.861. The fourth-order valence-corrected chi connectivity index (χ4v) is 2.61.